The second-order valence-electron chi connectivity index (χ2n) is 15.5. The first-order valence-corrected chi connectivity index (χ1v) is 15.0. The van der Waals surface area contributed by atoms with Gasteiger partial charge in [0.25, 0.3) is 0 Å². The zero-order chi connectivity index (χ0) is 26.5. The topological polar surface area (TPSA) is 40.5 Å². The van der Waals surface area contributed by atoms with Gasteiger partial charge in [-0.2, -0.15) is 0 Å². The van der Waals surface area contributed by atoms with Gasteiger partial charge in [-0.25, -0.2) is 0 Å². The van der Waals surface area contributed by atoms with E-state index in [1.54, 1.807) is 0 Å². The first-order chi connectivity index (χ1) is 16.6. The van der Waals surface area contributed by atoms with E-state index in [1.165, 1.54) is 37.7 Å². The Morgan fingerprint density at radius 3 is 2.14 bits per heavy atom. The van der Waals surface area contributed by atoms with Crippen molar-refractivity contribution in [3.05, 3.63) is 37.1 Å². The van der Waals surface area contributed by atoms with Crippen molar-refractivity contribution < 1.29 is 10.2 Å². The second-order valence-corrected chi connectivity index (χ2v) is 15.5. The molecule has 0 aliphatic heterocycles. The number of rotatable bonds is 4. The van der Waals surface area contributed by atoms with E-state index < -0.39 is 5.60 Å². The quantitative estimate of drug-likeness (QED) is 0.302. The van der Waals surface area contributed by atoms with Crippen molar-refractivity contribution in [3.63, 3.8) is 0 Å². The first kappa shape index (κ1) is 26.6. The van der Waals surface area contributed by atoms with Crippen LogP contribution in [0.3, 0.4) is 0 Å². The minimum atomic E-state index is -0.641. The third-order valence-corrected chi connectivity index (χ3v) is 14.5. The van der Waals surface area contributed by atoms with Gasteiger partial charge < -0.3 is 10.2 Å². The zero-order valence-corrected chi connectivity index (χ0v) is 24.3. The molecule has 0 unspecified atom stereocenters. The molecule has 0 aromatic heterocycles. The molecule has 0 saturated heterocycles. The summed E-state index contributed by atoms with van der Waals surface area (Å²) in [6.45, 7) is 27.4. The van der Waals surface area contributed by atoms with Gasteiger partial charge in [0.05, 0.1) is 11.4 Å². The molecule has 2 nitrogen and oxygen atoms in total. The fourth-order valence-electron chi connectivity index (χ4n) is 12.3. The van der Waals surface area contributed by atoms with Gasteiger partial charge in [0.2, 0.25) is 0 Å². The van der Waals surface area contributed by atoms with Crippen molar-refractivity contribution in [2.75, 3.05) is 0 Å². The van der Waals surface area contributed by atoms with Gasteiger partial charge in [-0.05, 0) is 129 Å². The van der Waals surface area contributed by atoms with Crippen molar-refractivity contribution in [1.82, 2.24) is 0 Å². The molecule has 10 atom stereocenters. The third-order valence-electron chi connectivity index (χ3n) is 14.5. The molecule has 0 heterocycles. The molecule has 0 aromatic rings. The largest absolute Gasteiger partial charge is 0.512 e. The lowest BCUT2D eigenvalue weighted by Gasteiger charge is -2.73. The summed E-state index contributed by atoms with van der Waals surface area (Å²) in [5.74, 6) is 3.29. The van der Waals surface area contributed by atoms with Crippen molar-refractivity contribution in [2.24, 2.45) is 56.7 Å². The summed E-state index contributed by atoms with van der Waals surface area (Å²) in [7, 11) is 0. The molecule has 5 aliphatic rings. The van der Waals surface area contributed by atoms with Gasteiger partial charge >= 0.3 is 0 Å². The number of hydrogen-bond acceptors (Lipinski definition) is 2. The summed E-state index contributed by atoms with van der Waals surface area (Å²) in [5.41, 5.74) is 1.27. The Balaban J connectivity index is 1.55. The van der Waals surface area contributed by atoms with Gasteiger partial charge in [-0.1, -0.05) is 59.4 Å². The van der Waals surface area contributed by atoms with Gasteiger partial charge in [-0.3, -0.25) is 0 Å². The minimum absolute atomic E-state index is 0.105. The van der Waals surface area contributed by atoms with E-state index in [2.05, 4.69) is 61.3 Å². The van der Waals surface area contributed by atoms with Crippen LogP contribution < -0.4 is 0 Å². The number of aliphatic hydroxyl groups excluding tert-OH is 1. The Morgan fingerprint density at radius 2 is 1.53 bits per heavy atom. The van der Waals surface area contributed by atoms with Crippen LogP contribution in [0.15, 0.2) is 37.1 Å². The van der Waals surface area contributed by atoms with Crippen LogP contribution >= 0.6 is 0 Å². The van der Waals surface area contributed by atoms with Crippen LogP contribution in [0.25, 0.3) is 0 Å². The molecule has 0 aromatic carbocycles. The van der Waals surface area contributed by atoms with Gasteiger partial charge in [0, 0.05) is 5.41 Å². The molecule has 2 N–H and O–H groups in total. The Bertz CT molecular complexity index is 962. The summed E-state index contributed by atoms with van der Waals surface area (Å²) in [6, 6.07) is 0. The van der Waals surface area contributed by atoms with E-state index in [0.29, 0.717) is 41.8 Å². The highest BCUT2D eigenvalue weighted by Gasteiger charge is 2.72. The molecule has 5 aliphatic carbocycles. The van der Waals surface area contributed by atoms with Crippen molar-refractivity contribution in [1.29, 1.82) is 0 Å². The molecule has 0 spiro atoms. The molecular weight excluding hydrogens is 440 g/mol. The average Bonchev–Trinajstić information content (AvgIpc) is 3.19. The molecule has 0 radical (unpaired) electrons. The van der Waals surface area contributed by atoms with E-state index in [1.807, 2.05) is 6.08 Å². The van der Waals surface area contributed by atoms with Crippen LogP contribution in [-0.4, -0.2) is 15.8 Å². The molecular formula is C34H54O2. The van der Waals surface area contributed by atoms with Crippen LogP contribution in [-0.2, 0) is 0 Å². The maximum Gasteiger partial charge on any atom is 0.0915 e. The highest BCUT2D eigenvalue weighted by atomic mass is 16.3. The van der Waals surface area contributed by atoms with Crippen LogP contribution in [0.5, 0.6) is 0 Å². The van der Waals surface area contributed by atoms with Crippen LogP contribution in [0, 0.1) is 56.7 Å². The molecule has 0 bridgehead atoms. The molecule has 5 fully saturated rings. The van der Waals surface area contributed by atoms with Gasteiger partial charge in [0.1, 0.15) is 0 Å². The lowest BCUT2D eigenvalue weighted by Crippen LogP contribution is -2.68. The number of fused-ring (bicyclic) bond motifs is 7. The smallest absolute Gasteiger partial charge is 0.0915 e. The zero-order valence-electron chi connectivity index (χ0n) is 24.3. The first-order valence-electron chi connectivity index (χ1n) is 15.0. The van der Waals surface area contributed by atoms with Crippen LogP contribution in [0.2, 0.25) is 0 Å². The summed E-state index contributed by atoms with van der Waals surface area (Å²) >= 11 is 0. The fraction of sp³-hybridized carbons (Fsp3) is 0.824. The molecule has 5 rings (SSSR count). The van der Waals surface area contributed by atoms with Gasteiger partial charge in [-0.15, -0.1) is 6.58 Å². The molecule has 2 heteroatoms. The molecule has 202 valence electrons. The SMILES string of the molecule is C=CC[C@]1(O)CC[C@]2(C)[C@H]3CC[C@H]4[C@@H]5[C@H](C(=C)C)CC[C@]5(C(=C)O)CC[C@@]4(C)[C@]3(C)CC[C@H]2C1(C)C. The van der Waals surface area contributed by atoms with E-state index in [0.717, 1.165) is 32.1 Å². The van der Waals surface area contributed by atoms with Gasteiger partial charge in [0.15, 0.2) is 0 Å². The number of aliphatic hydroxyl groups is 2. The van der Waals surface area contributed by atoms with Crippen molar-refractivity contribution >= 4 is 0 Å². The van der Waals surface area contributed by atoms with Crippen LogP contribution in [0.1, 0.15) is 112 Å². The lowest BCUT2D eigenvalue weighted by atomic mass is 9.31. The highest BCUT2D eigenvalue weighted by molar-refractivity contribution is 5.26. The highest BCUT2D eigenvalue weighted by Crippen LogP contribution is 2.78. The lowest BCUT2D eigenvalue weighted by molar-refractivity contribution is -0.263. The summed E-state index contributed by atoms with van der Waals surface area (Å²) < 4.78 is 0. The summed E-state index contributed by atoms with van der Waals surface area (Å²) in [6.07, 6.45) is 14.2. The molecule has 36 heavy (non-hydrogen) atoms. The van der Waals surface area contributed by atoms with E-state index in [4.69, 9.17) is 0 Å². The Kier molecular flexibility index (Phi) is 5.91. The monoisotopic (exact) mass is 494 g/mol. The maximum absolute atomic E-state index is 11.8. The Hall–Kier alpha value is -1.02. The molecule has 5 saturated carbocycles. The van der Waals surface area contributed by atoms with Crippen molar-refractivity contribution in [2.45, 2.75) is 118 Å². The number of allylic oxidation sites excluding steroid dienone is 2. The van der Waals surface area contributed by atoms with Crippen molar-refractivity contribution in [3.8, 4) is 0 Å². The Labute approximate surface area is 221 Å². The summed E-state index contributed by atoms with van der Waals surface area (Å²) in [5, 5.41) is 22.8. The predicted molar refractivity (Wildman–Crippen MR) is 151 cm³/mol. The third kappa shape index (κ3) is 3.00. The van der Waals surface area contributed by atoms with E-state index in [9.17, 15) is 10.2 Å². The fourth-order valence-corrected chi connectivity index (χ4v) is 12.3. The number of hydrogen-bond donors (Lipinski definition) is 2. The average molecular weight is 495 g/mol. The van der Waals surface area contributed by atoms with Crippen LogP contribution in [0.4, 0.5) is 0 Å². The normalized spacial score (nSPS) is 53.4. The van der Waals surface area contributed by atoms with E-state index >= 15 is 0 Å². The minimum Gasteiger partial charge on any atom is -0.512 e. The van der Waals surface area contributed by atoms with E-state index in [-0.39, 0.29) is 27.1 Å². The Morgan fingerprint density at radius 1 is 0.833 bits per heavy atom. The second kappa shape index (κ2) is 8.00. The standard InChI is InChI=1S/C34H54O2/c1-10-15-34(36)21-18-30(7)26(29(34,5)6)14-16-32(9)27(30)12-11-25-28-24(22(2)3)13-17-33(28,23(4)35)20-19-31(25,32)8/h10,24-28,35-36H,1-2,4,11-21H2,3,5-9H3/t24-,25-,26-,27+,28-,30-,31+,32+,33+,34-/m0/s1. The predicted octanol–water partition coefficient (Wildman–Crippen LogP) is 9.02. The maximum atomic E-state index is 11.8. The summed E-state index contributed by atoms with van der Waals surface area (Å²) in [4.78, 5) is 0. The molecule has 0 amide bonds.